The molecule has 3 heterocycles. The number of rotatable bonds is 5. The van der Waals surface area contributed by atoms with Gasteiger partial charge in [0.2, 0.25) is 0 Å². The minimum Gasteiger partial charge on any atom is -0.309 e. The van der Waals surface area contributed by atoms with Crippen molar-refractivity contribution in [2.75, 3.05) is 0 Å². The van der Waals surface area contributed by atoms with Crippen molar-refractivity contribution in [3.63, 3.8) is 0 Å². The first-order valence-corrected chi connectivity index (χ1v) is 19.6. The zero-order valence-electron chi connectivity index (χ0n) is 31.0. The van der Waals surface area contributed by atoms with Crippen LogP contribution in [0.1, 0.15) is 0 Å². The molecule has 0 fully saturated rings. The fourth-order valence-electron chi connectivity index (χ4n) is 9.23. The van der Waals surface area contributed by atoms with Crippen molar-refractivity contribution in [3.8, 4) is 39.3 Å². The third-order valence-electron chi connectivity index (χ3n) is 11.8. The molecule has 0 unspecified atom stereocenters. The maximum Gasteiger partial charge on any atom is 0.0548 e. The van der Waals surface area contributed by atoms with Gasteiger partial charge in [-0.15, -0.1) is 0 Å². The number of benzene rings is 9. The Bertz CT molecular complexity index is 3470. The SMILES string of the molecule is c1ccc(-c2ccc(-n3c4ccccc4c4cc5c(cc43)c3ccccc3n5-c3ccc(-c4ccc5c6ccccc6n(-c6ccccc6)c5c4)cc3)cc2)cc1. The van der Waals surface area contributed by atoms with Gasteiger partial charge in [0.15, 0.2) is 0 Å². The highest BCUT2D eigenvalue weighted by Gasteiger charge is 2.19. The molecule has 266 valence electrons. The zero-order valence-corrected chi connectivity index (χ0v) is 31.0. The Hall–Kier alpha value is -7.62. The molecule has 0 N–H and O–H groups in total. The van der Waals surface area contributed by atoms with E-state index >= 15 is 0 Å². The molecule has 57 heavy (non-hydrogen) atoms. The van der Waals surface area contributed by atoms with Gasteiger partial charge in [0.05, 0.1) is 33.1 Å². The molecule has 0 aliphatic rings. The standard InChI is InChI=1S/C54H35N3/c1-3-13-36(14-4-1)37-23-28-41(29-24-37)56-50-21-11-8-18-44(50)47-35-54-48(34-53(47)56)45-19-9-12-22-51(45)57(54)42-30-25-38(26-31-42)39-27-32-46-43-17-7-10-20-49(43)55(52(46)33-39)40-15-5-2-6-16-40/h1-35H. The van der Waals surface area contributed by atoms with Crippen molar-refractivity contribution in [2.24, 2.45) is 0 Å². The molecule has 0 atom stereocenters. The second-order valence-corrected chi connectivity index (χ2v) is 15.0. The largest absolute Gasteiger partial charge is 0.309 e. The van der Waals surface area contributed by atoms with Gasteiger partial charge in [-0.25, -0.2) is 0 Å². The second-order valence-electron chi connectivity index (χ2n) is 15.0. The van der Waals surface area contributed by atoms with E-state index in [1.54, 1.807) is 0 Å². The Morgan fingerprint density at radius 3 is 1.04 bits per heavy atom. The number of aromatic nitrogens is 3. The molecule has 0 bridgehead atoms. The quantitative estimate of drug-likeness (QED) is 0.168. The highest BCUT2D eigenvalue weighted by molar-refractivity contribution is 6.19. The van der Waals surface area contributed by atoms with Gasteiger partial charge in [0.25, 0.3) is 0 Å². The van der Waals surface area contributed by atoms with Crippen molar-refractivity contribution in [3.05, 3.63) is 212 Å². The first-order valence-electron chi connectivity index (χ1n) is 19.6. The maximum absolute atomic E-state index is 2.44. The molecule has 3 nitrogen and oxygen atoms in total. The van der Waals surface area contributed by atoms with Gasteiger partial charge in [-0.1, -0.05) is 140 Å². The lowest BCUT2D eigenvalue weighted by Crippen LogP contribution is -1.95. The summed E-state index contributed by atoms with van der Waals surface area (Å²) >= 11 is 0. The average molecular weight is 726 g/mol. The lowest BCUT2D eigenvalue weighted by atomic mass is 10.0. The molecule has 0 amide bonds. The van der Waals surface area contributed by atoms with Crippen LogP contribution >= 0.6 is 0 Å². The van der Waals surface area contributed by atoms with Crippen LogP contribution in [0.15, 0.2) is 212 Å². The van der Waals surface area contributed by atoms with E-state index in [0.717, 1.165) is 11.4 Å². The lowest BCUT2D eigenvalue weighted by molar-refractivity contribution is 1.17. The molecule has 12 rings (SSSR count). The first-order chi connectivity index (χ1) is 28.3. The maximum atomic E-state index is 2.44. The molecule has 0 spiro atoms. The van der Waals surface area contributed by atoms with Crippen molar-refractivity contribution in [1.29, 1.82) is 0 Å². The third kappa shape index (κ3) is 4.86. The fourth-order valence-corrected chi connectivity index (χ4v) is 9.23. The zero-order chi connectivity index (χ0) is 37.5. The molecule has 3 aromatic heterocycles. The van der Waals surface area contributed by atoms with E-state index in [1.807, 2.05) is 0 Å². The van der Waals surface area contributed by atoms with E-state index < -0.39 is 0 Å². The molecule has 0 saturated carbocycles. The molecule has 0 saturated heterocycles. The summed E-state index contributed by atoms with van der Waals surface area (Å²) in [6, 6.07) is 77.4. The average Bonchev–Trinajstić information content (AvgIpc) is 3.91. The number of para-hydroxylation sites is 4. The Morgan fingerprint density at radius 1 is 0.193 bits per heavy atom. The van der Waals surface area contributed by atoms with Crippen LogP contribution in [-0.4, -0.2) is 13.7 Å². The van der Waals surface area contributed by atoms with Gasteiger partial charge in [-0.3, -0.25) is 0 Å². The highest BCUT2D eigenvalue weighted by atomic mass is 15.0. The molecular weight excluding hydrogens is 691 g/mol. The Labute approximate surface area is 329 Å². The first kappa shape index (κ1) is 31.7. The molecular formula is C54H35N3. The van der Waals surface area contributed by atoms with E-state index in [2.05, 4.69) is 226 Å². The van der Waals surface area contributed by atoms with Crippen molar-refractivity contribution in [2.45, 2.75) is 0 Å². The predicted molar refractivity (Wildman–Crippen MR) is 240 cm³/mol. The van der Waals surface area contributed by atoms with Crippen LogP contribution < -0.4 is 0 Å². The summed E-state index contributed by atoms with van der Waals surface area (Å²) in [5, 5.41) is 7.50. The summed E-state index contributed by atoms with van der Waals surface area (Å²) in [5.41, 5.74) is 15.5. The van der Waals surface area contributed by atoms with Gasteiger partial charge in [-0.05, 0) is 95.1 Å². The van der Waals surface area contributed by atoms with Gasteiger partial charge in [0.1, 0.15) is 0 Å². The smallest absolute Gasteiger partial charge is 0.0548 e. The van der Waals surface area contributed by atoms with E-state index in [4.69, 9.17) is 0 Å². The summed E-state index contributed by atoms with van der Waals surface area (Å²) in [7, 11) is 0. The van der Waals surface area contributed by atoms with Gasteiger partial charge < -0.3 is 13.7 Å². The molecule has 3 heteroatoms. The summed E-state index contributed by atoms with van der Waals surface area (Å²) in [4.78, 5) is 0. The molecule has 9 aromatic carbocycles. The third-order valence-corrected chi connectivity index (χ3v) is 11.8. The fraction of sp³-hybridized carbons (Fsp3) is 0. The summed E-state index contributed by atoms with van der Waals surface area (Å²) in [6.07, 6.45) is 0. The van der Waals surface area contributed by atoms with Crippen LogP contribution in [0.2, 0.25) is 0 Å². The van der Waals surface area contributed by atoms with Crippen molar-refractivity contribution >= 4 is 65.4 Å². The van der Waals surface area contributed by atoms with Gasteiger partial charge >= 0.3 is 0 Å². The Kier molecular flexibility index (Phi) is 6.93. The monoisotopic (exact) mass is 725 g/mol. The Morgan fingerprint density at radius 2 is 0.526 bits per heavy atom. The summed E-state index contributed by atoms with van der Waals surface area (Å²) in [6.45, 7) is 0. The lowest BCUT2D eigenvalue weighted by Gasteiger charge is -2.11. The van der Waals surface area contributed by atoms with Crippen LogP contribution in [0.25, 0.3) is 105 Å². The van der Waals surface area contributed by atoms with Crippen molar-refractivity contribution < 1.29 is 0 Å². The Balaban J connectivity index is 1.01. The van der Waals surface area contributed by atoms with E-state index in [1.165, 1.54) is 93.4 Å². The summed E-state index contributed by atoms with van der Waals surface area (Å²) < 4.78 is 7.25. The van der Waals surface area contributed by atoms with E-state index in [-0.39, 0.29) is 0 Å². The van der Waals surface area contributed by atoms with Crippen molar-refractivity contribution in [1.82, 2.24) is 13.7 Å². The number of nitrogens with zero attached hydrogens (tertiary/aromatic N) is 3. The summed E-state index contributed by atoms with van der Waals surface area (Å²) in [5.74, 6) is 0. The van der Waals surface area contributed by atoms with Crippen LogP contribution in [0.5, 0.6) is 0 Å². The molecule has 12 aromatic rings. The normalized spacial score (nSPS) is 11.9. The highest BCUT2D eigenvalue weighted by Crippen LogP contribution is 2.41. The van der Waals surface area contributed by atoms with E-state index in [9.17, 15) is 0 Å². The van der Waals surface area contributed by atoms with E-state index in [0.29, 0.717) is 0 Å². The predicted octanol–water partition coefficient (Wildman–Crippen LogP) is 14.3. The van der Waals surface area contributed by atoms with Crippen LogP contribution in [0.4, 0.5) is 0 Å². The van der Waals surface area contributed by atoms with Gasteiger partial charge in [-0.2, -0.15) is 0 Å². The molecule has 0 aliphatic carbocycles. The molecule has 0 radical (unpaired) electrons. The number of fused-ring (bicyclic) bond motifs is 9. The minimum absolute atomic E-state index is 1.14. The van der Waals surface area contributed by atoms with Crippen LogP contribution in [0, 0.1) is 0 Å². The number of hydrogen-bond acceptors (Lipinski definition) is 0. The minimum atomic E-state index is 1.14. The van der Waals surface area contributed by atoms with Crippen LogP contribution in [0.3, 0.4) is 0 Å². The second kappa shape index (κ2) is 12.5. The molecule has 0 aliphatic heterocycles. The van der Waals surface area contributed by atoms with Gasteiger partial charge in [0, 0.05) is 49.4 Å². The topological polar surface area (TPSA) is 14.8 Å². The van der Waals surface area contributed by atoms with Crippen LogP contribution in [-0.2, 0) is 0 Å². The number of hydrogen-bond donors (Lipinski definition) is 0.